The van der Waals surface area contributed by atoms with E-state index in [1.807, 2.05) is 55.5 Å². The minimum Gasteiger partial charge on any atom is -0.496 e. The standard InChI is InChI=1S/C18H22N2O2/c1-13-8-9-14(10-17(13)22-2)12-20-18(21)11-16(19)15-6-4-3-5-7-15/h3-10,16H,11-12,19H2,1-2H3,(H,20,21). The number of aryl methyl sites for hydroxylation is 1. The van der Waals surface area contributed by atoms with Crippen molar-refractivity contribution >= 4 is 5.91 Å². The second-order valence-electron chi connectivity index (χ2n) is 5.30. The van der Waals surface area contributed by atoms with Gasteiger partial charge < -0.3 is 15.8 Å². The van der Waals surface area contributed by atoms with Crippen LogP contribution < -0.4 is 15.8 Å². The Morgan fingerprint density at radius 3 is 2.64 bits per heavy atom. The Balaban J connectivity index is 1.88. The van der Waals surface area contributed by atoms with E-state index in [4.69, 9.17) is 10.5 Å². The molecule has 0 saturated carbocycles. The Morgan fingerprint density at radius 1 is 1.23 bits per heavy atom. The molecular formula is C18H22N2O2. The fraction of sp³-hybridized carbons (Fsp3) is 0.278. The monoisotopic (exact) mass is 298 g/mol. The highest BCUT2D eigenvalue weighted by molar-refractivity contribution is 5.76. The van der Waals surface area contributed by atoms with Crippen LogP contribution >= 0.6 is 0 Å². The number of rotatable bonds is 6. The summed E-state index contributed by atoms with van der Waals surface area (Å²) < 4.78 is 5.28. The Labute approximate surface area is 131 Å². The zero-order chi connectivity index (χ0) is 15.9. The van der Waals surface area contributed by atoms with Gasteiger partial charge in [0.15, 0.2) is 0 Å². The number of carbonyl (C=O) groups excluding carboxylic acids is 1. The van der Waals surface area contributed by atoms with Crippen molar-refractivity contribution in [2.45, 2.75) is 25.9 Å². The molecule has 0 aromatic heterocycles. The molecule has 0 aliphatic carbocycles. The van der Waals surface area contributed by atoms with E-state index in [9.17, 15) is 4.79 Å². The molecule has 0 heterocycles. The molecule has 0 saturated heterocycles. The van der Waals surface area contributed by atoms with Crippen LogP contribution in [0.2, 0.25) is 0 Å². The smallest absolute Gasteiger partial charge is 0.222 e. The summed E-state index contributed by atoms with van der Waals surface area (Å²) >= 11 is 0. The zero-order valence-electron chi connectivity index (χ0n) is 13.0. The van der Waals surface area contributed by atoms with Gasteiger partial charge >= 0.3 is 0 Å². The van der Waals surface area contributed by atoms with Crippen molar-refractivity contribution < 1.29 is 9.53 Å². The Morgan fingerprint density at radius 2 is 1.95 bits per heavy atom. The third kappa shape index (κ3) is 4.33. The number of hydrogen-bond donors (Lipinski definition) is 2. The number of methoxy groups -OCH3 is 1. The average Bonchev–Trinajstić information content (AvgIpc) is 2.55. The first kappa shape index (κ1) is 16.0. The van der Waals surface area contributed by atoms with Crippen molar-refractivity contribution in [3.8, 4) is 5.75 Å². The van der Waals surface area contributed by atoms with E-state index >= 15 is 0 Å². The highest BCUT2D eigenvalue weighted by Crippen LogP contribution is 2.19. The van der Waals surface area contributed by atoms with Gasteiger partial charge in [-0.15, -0.1) is 0 Å². The summed E-state index contributed by atoms with van der Waals surface area (Å²) in [6.45, 7) is 2.46. The predicted octanol–water partition coefficient (Wildman–Crippen LogP) is 2.71. The minimum absolute atomic E-state index is 0.0594. The van der Waals surface area contributed by atoms with Crippen LogP contribution in [0.3, 0.4) is 0 Å². The van der Waals surface area contributed by atoms with Gasteiger partial charge in [0.05, 0.1) is 7.11 Å². The van der Waals surface area contributed by atoms with E-state index in [2.05, 4.69) is 5.32 Å². The molecule has 0 aliphatic rings. The topological polar surface area (TPSA) is 64.3 Å². The lowest BCUT2D eigenvalue weighted by molar-refractivity contribution is -0.121. The maximum atomic E-state index is 12.0. The fourth-order valence-electron chi connectivity index (χ4n) is 2.27. The van der Waals surface area contributed by atoms with Crippen molar-refractivity contribution in [2.75, 3.05) is 7.11 Å². The maximum Gasteiger partial charge on any atom is 0.222 e. The van der Waals surface area contributed by atoms with Crippen molar-refractivity contribution in [1.29, 1.82) is 0 Å². The van der Waals surface area contributed by atoms with E-state index in [1.165, 1.54) is 0 Å². The second-order valence-corrected chi connectivity index (χ2v) is 5.30. The molecule has 1 atom stereocenters. The van der Waals surface area contributed by atoms with E-state index in [1.54, 1.807) is 7.11 Å². The summed E-state index contributed by atoms with van der Waals surface area (Å²) in [5, 5.41) is 2.90. The molecule has 0 aliphatic heterocycles. The van der Waals surface area contributed by atoms with E-state index in [0.29, 0.717) is 6.54 Å². The molecule has 2 aromatic carbocycles. The van der Waals surface area contributed by atoms with Gasteiger partial charge in [0, 0.05) is 19.0 Å². The molecule has 4 nitrogen and oxygen atoms in total. The van der Waals surface area contributed by atoms with Crippen molar-refractivity contribution in [2.24, 2.45) is 5.73 Å². The quantitative estimate of drug-likeness (QED) is 0.862. The summed E-state index contributed by atoms with van der Waals surface area (Å²) in [7, 11) is 1.64. The van der Waals surface area contributed by atoms with Crippen LogP contribution in [0.5, 0.6) is 5.75 Å². The van der Waals surface area contributed by atoms with E-state index < -0.39 is 0 Å². The normalized spacial score (nSPS) is 11.8. The van der Waals surface area contributed by atoms with Gasteiger partial charge in [-0.1, -0.05) is 42.5 Å². The molecule has 2 aromatic rings. The van der Waals surface area contributed by atoms with Gasteiger partial charge in [0.1, 0.15) is 5.75 Å². The summed E-state index contributed by atoms with van der Waals surface area (Å²) in [5.74, 6) is 0.767. The molecular weight excluding hydrogens is 276 g/mol. The lowest BCUT2D eigenvalue weighted by atomic mass is 10.0. The second kappa shape index (κ2) is 7.61. The zero-order valence-corrected chi connectivity index (χ0v) is 13.0. The molecule has 0 radical (unpaired) electrons. The number of nitrogens with one attached hydrogen (secondary N) is 1. The van der Waals surface area contributed by atoms with Gasteiger partial charge in [-0.2, -0.15) is 0 Å². The van der Waals surface area contributed by atoms with Crippen molar-refractivity contribution in [3.63, 3.8) is 0 Å². The summed E-state index contributed by atoms with van der Waals surface area (Å²) in [4.78, 5) is 12.0. The number of benzene rings is 2. The van der Waals surface area contributed by atoms with Crippen LogP contribution in [0.4, 0.5) is 0 Å². The van der Waals surface area contributed by atoms with Gasteiger partial charge in [-0.05, 0) is 29.7 Å². The van der Waals surface area contributed by atoms with Crippen LogP contribution in [-0.4, -0.2) is 13.0 Å². The molecule has 1 unspecified atom stereocenters. The molecule has 116 valence electrons. The lowest BCUT2D eigenvalue weighted by Gasteiger charge is -2.13. The van der Waals surface area contributed by atoms with Crippen LogP contribution in [0, 0.1) is 6.92 Å². The highest BCUT2D eigenvalue weighted by Gasteiger charge is 2.11. The average molecular weight is 298 g/mol. The first-order valence-electron chi connectivity index (χ1n) is 7.31. The molecule has 3 N–H and O–H groups in total. The first-order valence-corrected chi connectivity index (χ1v) is 7.31. The van der Waals surface area contributed by atoms with Crippen LogP contribution in [-0.2, 0) is 11.3 Å². The molecule has 0 bridgehead atoms. The van der Waals surface area contributed by atoms with Crippen LogP contribution in [0.25, 0.3) is 0 Å². The number of hydrogen-bond acceptors (Lipinski definition) is 3. The lowest BCUT2D eigenvalue weighted by Crippen LogP contribution is -2.27. The number of nitrogens with two attached hydrogens (primary N) is 1. The third-order valence-corrected chi connectivity index (χ3v) is 3.60. The molecule has 22 heavy (non-hydrogen) atoms. The van der Waals surface area contributed by atoms with E-state index in [-0.39, 0.29) is 18.4 Å². The van der Waals surface area contributed by atoms with E-state index in [0.717, 1.165) is 22.4 Å². The van der Waals surface area contributed by atoms with Gasteiger partial charge in [-0.25, -0.2) is 0 Å². The number of carbonyl (C=O) groups is 1. The van der Waals surface area contributed by atoms with Crippen LogP contribution in [0.15, 0.2) is 48.5 Å². The Hall–Kier alpha value is -2.33. The Bertz CT molecular complexity index is 626. The summed E-state index contributed by atoms with van der Waals surface area (Å²) in [6.07, 6.45) is 0.271. The summed E-state index contributed by atoms with van der Waals surface area (Å²) in [5.41, 5.74) is 9.09. The van der Waals surface area contributed by atoms with Crippen molar-refractivity contribution in [3.05, 3.63) is 65.2 Å². The van der Waals surface area contributed by atoms with Crippen molar-refractivity contribution in [1.82, 2.24) is 5.32 Å². The largest absolute Gasteiger partial charge is 0.496 e. The van der Waals surface area contributed by atoms with Crippen LogP contribution in [0.1, 0.15) is 29.2 Å². The molecule has 4 heteroatoms. The van der Waals surface area contributed by atoms with Gasteiger partial charge in [0.2, 0.25) is 5.91 Å². The summed E-state index contributed by atoms with van der Waals surface area (Å²) in [6, 6.07) is 15.3. The Kier molecular flexibility index (Phi) is 5.55. The molecule has 0 fully saturated rings. The number of amides is 1. The van der Waals surface area contributed by atoms with Gasteiger partial charge in [-0.3, -0.25) is 4.79 Å². The first-order chi connectivity index (χ1) is 10.6. The minimum atomic E-state index is -0.284. The molecule has 2 rings (SSSR count). The maximum absolute atomic E-state index is 12.0. The number of ether oxygens (including phenoxy) is 1. The molecule has 1 amide bonds. The highest BCUT2D eigenvalue weighted by atomic mass is 16.5. The predicted molar refractivity (Wildman–Crippen MR) is 87.6 cm³/mol. The fourth-order valence-corrected chi connectivity index (χ4v) is 2.27. The SMILES string of the molecule is COc1cc(CNC(=O)CC(N)c2ccccc2)ccc1C. The third-order valence-electron chi connectivity index (χ3n) is 3.60. The van der Waals surface area contributed by atoms with Gasteiger partial charge in [0.25, 0.3) is 0 Å². The molecule has 0 spiro atoms.